The van der Waals surface area contributed by atoms with Crippen molar-refractivity contribution in [2.24, 2.45) is 11.5 Å². The molecular weight excluding hydrogens is 215 g/mol. The molecule has 6 heteroatoms. The summed E-state index contributed by atoms with van der Waals surface area (Å²) in [5, 5.41) is 0. The number of ether oxygens (including phenoxy) is 1. The van der Waals surface area contributed by atoms with E-state index in [4.69, 9.17) is 16.2 Å². The lowest BCUT2D eigenvalue weighted by Crippen LogP contribution is -2.32. The maximum Gasteiger partial charge on any atom is 0.322 e. The van der Waals surface area contributed by atoms with Gasteiger partial charge in [-0.1, -0.05) is 0 Å². The van der Waals surface area contributed by atoms with Crippen molar-refractivity contribution in [3.63, 3.8) is 0 Å². The smallest absolute Gasteiger partial charge is 0.322 e. The third-order valence-corrected chi connectivity index (χ3v) is 1.31. The third-order valence-electron chi connectivity index (χ3n) is 1.31. The summed E-state index contributed by atoms with van der Waals surface area (Å²) in [6.07, 6.45) is 1.37. The molecule has 0 aliphatic heterocycles. The SMILES string of the molecule is CCOC(=O)[C@H](N)CCCN.Cl.Cl. The van der Waals surface area contributed by atoms with Crippen LogP contribution in [0.25, 0.3) is 0 Å². The van der Waals surface area contributed by atoms with Crippen LogP contribution in [0.3, 0.4) is 0 Å². The van der Waals surface area contributed by atoms with Gasteiger partial charge in [-0.3, -0.25) is 4.79 Å². The van der Waals surface area contributed by atoms with E-state index < -0.39 is 6.04 Å². The topological polar surface area (TPSA) is 78.3 Å². The van der Waals surface area contributed by atoms with E-state index in [1.165, 1.54) is 0 Å². The normalized spacial score (nSPS) is 10.7. The van der Waals surface area contributed by atoms with E-state index in [-0.39, 0.29) is 30.8 Å². The number of carbonyl (C=O) groups excluding carboxylic acids is 1. The Bertz CT molecular complexity index is 125. The Morgan fingerprint density at radius 1 is 1.46 bits per heavy atom. The van der Waals surface area contributed by atoms with Crippen LogP contribution in [0.1, 0.15) is 19.8 Å². The second-order valence-electron chi connectivity index (χ2n) is 2.29. The molecule has 0 amide bonds. The molecule has 0 saturated carbocycles. The van der Waals surface area contributed by atoms with E-state index in [1.807, 2.05) is 0 Å². The number of esters is 1. The molecule has 4 nitrogen and oxygen atoms in total. The zero-order valence-electron chi connectivity index (χ0n) is 7.69. The maximum absolute atomic E-state index is 10.9. The molecule has 0 rings (SSSR count). The minimum absolute atomic E-state index is 0. The third kappa shape index (κ3) is 9.89. The second kappa shape index (κ2) is 12.0. The summed E-state index contributed by atoms with van der Waals surface area (Å²) < 4.78 is 4.70. The van der Waals surface area contributed by atoms with E-state index in [0.717, 1.165) is 6.42 Å². The molecule has 82 valence electrons. The molecule has 0 aromatic rings. The lowest BCUT2D eigenvalue weighted by molar-refractivity contribution is -0.144. The number of rotatable bonds is 5. The zero-order valence-corrected chi connectivity index (χ0v) is 9.33. The number of halogens is 2. The van der Waals surface area contributed by atoms with Gasteiger partial charge in [-0.2, -0.15) is 0 Å². The predicted molar refractivity (Wildman–Crippen MR) is 57.4 cm³/mol. The van der Waals surface area contributed by atoms with Crippen LogP contribution in [0.2, 0.25) is 0 Å². The van der Waals surface area contributed by atoms with Crippen molar-refractivity contribution < 1.29 is 9.53 Å². The van der Waals surface area contributed by atoms with Crippen LogP contribution in [-0.2, 0) is 9.53 Å². The summed E-state index contributed by atoms with van der Waals surface area (Å²) in [5.74, 6) is -0.332. The fraction of sp³-hybridized carbons (Fsp3) is 0.857. The van der Waals surface area contributed by atoms with Crippen molar-refractivity contribution in [1.29, 1.82) is 0 Å². The zero-order chi connectivity index (χ0) is 8.69. The molecule has 0 spiro atoms. The van der Waals surface area contributed by atoms with Crippen molar-refractivity contribution in [1.82, 2.24) is 0 Å². The van der Waals surface area contributed by atoms with Crippen LogP contribution >= 0.6 is 24.8 Å². The van der Waals surface area contributed by atoms with Crippen molar-refractivity contribution in [3.8, 4) is 0 Å². The van der Waals surface area contributed by atoms with E-state index >= 15 is 0 Å². The summed E-state index contributed by atoms with van der Waals surface area (Å²) in [6.45, 7) is 2.70. The van der Waals surface area contributed by atoms with E-state index in [9.17, 15) is 4.79 Å². The van der Waals surface area contributed by atoms with E-state index in [0.29, 0.717) is 19.6 Å². The Kier molecular flexibility index (Phi) is 17.2. The van der Waals surface area contributed by atoms with Crippen LogP contribution in [0.15, 0.2) is 0 Å². The average Bonchev–Trinajstić information content (AvgIpc) is 2.00. The molecule has 4 N–H and O–H groups in total. The highest BCUT2D eigenvalue weighted by molar-refractivity contribution is 5.85. The monoisotopic (exact) mass is 232 g/mol. The minimum atomic E-state index is -0.501. The van der Waals surface area contributed by atoms with Crippen molar-refractivity contribution >= 4 is 30.8 Å². The van der Waals surface area contributed by atoms with Gasteiger partial charge in [0.1, 0.15) is 6.04 Å². The first-order valence-corrected chi connectivity index (χ1v) is 3.84. The van der Waals surface area contributed by atoms with Crippen molar-refractivity contribution in [2.75, 3.05) is 13.2 Å². The van der Waals surface area contributed by atoms with Crippen molar-refractivity contribution in [2.45, 2.75) is 25.8 Å². The molecule has 0 aromatic carbocycles. The molecule has 0 unspecified atom stereocenters. The molecule has 0 bridgehead atoms. The molecule has 0 aliphatic rings. The van der Waals surface area contributed by atoms with Gasteiger partial charge in [0.25, 0.3) is 0 Å². The first kappa shape index (κ1) is 18.7. The highest BCUT2D eigenvalue weighted by atomic mass is 35.5. The molecule has 0 heterocycles. The van der Waals surface area contributed by atoms with Gasteiger partial charge in [-0.05, 0) is 26.3 Å². The Morgan fingerprint density at radius 2 is 2.00 bits per heavy atom. The summed E-state index contributed by atoms with van der Waals surface area (Å²) in [7, 11) is 0. The highest BCUT2D eigenvalue weighted by Crippen LogP contribution is 1.95. The first-order valence-electron chi connectivity index (χ1n) is 3.84. The second-order valence-corrected chi connectivity index (χ2v) is 2.29. The lowest BCUT2D eigenvalue weighted by atomic mass is 10.2. The van der Waals surface area contributed by atoms with Gasteiger partial charge in [-0.15, -0.1) is 24.8 Å². The number of nitrogens with two attached hydrogens (primary N) is 2. The first-order chi connectivity index (χ1) is 5.22. The van der Waals surface area contributed by atoms with Gasteiger partial charge in [0.15, 0.2) is 0 Å². The molecule has 0 aromatic heterocycles. The Labute approximate surface area is 91.2 Å². The maximum atomic E-state index is 10.9. The fourth-order valence-electron chi connectivity index (χ4n) is 0.705. The predicted octanol–water partition coefficient (Wildman–Crippen LogP) is 0.459. The standard InChI is InChI=1S/C7H16N2O2.2ClH/c1-2-11-7(10)6(9)4-3-5-8;;/h6H,2-5,8-9H2,1H3;2*1H/t6-;;/m1../s1. The van der Waals surface area contributed by atoms with Gasteiger partial charge in [0.05, 0.1) is 6.61 Å². The van der Waals surface area contributed by atoms with Crippen LogP contribution < -0.4 is 11.5 Å². The van der Waals surface area contributed by atoms with Gasteiger partial charge in [-0.25, -0.2) is 0 Å². The number of hydrogen-bond acceptors (Lipinski definition) is 4. The highest BCUT2D eigenvalue weighted by Gasteiger charge is 2.12. The van der Waals surface area contributed by atoms with Gasteiger partial charge < -0.3 is 16.2 Å². The van der Waals surface area contributed by atoms with Crippen LogP contribution in [0.4, 0.5) is 0 Å². The summed E-state index contributed by atoms with van der Waals surface area (Å²) in [6, 6.07) is -0.501. The molecule has 0 radical (unpaired) electrons. The Hall–Kier alpha value is -0.0300. The van der Waals surface area contributed by atoms with E-state index in [1.54, 1.807) is 6.92 Å². The summed E-state index contributed by atoms with van der Waals surface area (Å²) >= 11 is 0. The van der Waals surface area contributed by atoms with Crippen LogP contribution in [-0.4, -0.2) is 25.2 Å². The molecule has 0 fully saturated rings. The van der Waals surface area contributed by atoms with Gasteiger partial charge >= 0.3 is 5.97 Å². The molecular formula is C7H18Cl2N2O2. The number of carbonyl (C=O) groups is 1. The molecule has 0 aliphatic carbocycles. The summed E-state index contributed by atoms with van der Waals surface area (Å²) in [5.41, 5.74) is 10.7. The van der Waals surface area contributed by atoms with Crippen molar-refractivity contribution in [3.05, 3.63) is 0 Å². The largest absolute Gasteiger partial charge is 0.465 e. The fourth-order valence-corrected chi connectivity index (χ4v) is 0.705. The van der Waals surface area contributed by atoms with Crippen LogP contribution in [0.5, 0.6) is 0 Å². The van der Waals surface area contributed by atoms with Crippen LogP contribution in [0, 0.1) is 0 Å². The lowest BCUT2D eigenvalue weighted by Gasteiger charge is -2.08. The Balaban J connectivity index is -0.000000500. The molecule has 1 atom stereocenters. The quantitative estimate of drug-likeness (QED) is 0.676. The Morgan fingerprint density at radius 3 is 2.38 bits per heavy atom. The van der Waals surface area contributed by atoms with Gasteiger partial charge in [0, 0.05) is 0 Å². The van der Waals surface area contributed by atoms with E-state index in [2.05, 4.69) is 0 Å². The molecule has 0 saturated heterocycles. The minimum Gasteiger partial charge on any atom is -0.465 e. The van der Waals surface area contributed by atoms with Gasteiger partial charge in [0.2, 0.25) is 0 Å². The average molecular weight is 233 g/mol. The number of hydrogen-bond donors (Lipinski definition) is 2. The summed E-state index contributed by atoms with van der Waals surface area (Å²) in [4.78, 5) is 10.9. The molecule has 13 heavy (non-hydrogen) atoms.